The van der Waals surface area contributed by atoms with Gasteiger partial charge in [-0.2, -0.15) is 0 Å². The molecule has 1 unspecified atom stereocenters. The van der Waals surface area contributed by atoms with E-state index < -0.39 is 6.04 Å². The number of anilines is 3. The highest BCUT2D eigenvalue weighted by molar-refractivity contribution is 6.04. The summed E-state index contributed by atoms with van der Waals surface area (Å²) >= 11 is 0. The number of halogens is 1. The first-order chi connectivity index (χ1) is 10.1. The fourth-order valence-corrected chi connectivity index (χ4v) is 2.52. The number of amides is 1. The predicted molar refractivity (Wildman–Crippen MR) is 82.2 cm³/mol. The number of carbonyl (C=O) groups is 1. The first-order valence-corrected chi connectivity index (χ1v) is 6.69. The normalized spacial score (nSPS) is 16.3. The second-order valence-corrected chi connectivity index (χ2v) is 5.21. The molecule has 0 aromatic heterocycles. The van der Waals surface area contributed by atoms with Gasteiger partial charge in [0.15, 0.2) is 0 Å². The first kappa shape index (κ1) is 13.4. The summed E-state index contributed by atoms with van der Waals surface area (Å²) in [6, 6.07) is 11.6. The largest absolute Gasteiger partial charge is 0.376 e. The summed E-state index contributed by atoms with van der Waals surface area (Å²) in [5, 5.41) is 5.94. The van der Waals surface area contributed by atoms with E-state index in [-0.39, 0.29) is 11.7 Å². The maximum atomic E-state index is 13.2. The summed E-state index contributed by atoms with van der Waals surface area (Å²) in [4.78, 5) is 14.1. The summed E-state index contributed by atoms with van der Waals surface area (Å²) in [5.74, 6) is -0.535. The number of hydrogen-bond acceptors (Lipinski definition) is 3. The van der Waals surface area contributed by atoms with E-state index in [0.29, 0.717) is 5.69 Å². The number of rotatable bonds is 3. The lowest BCUT2D eigenvalue weighted by atomic mass is 10.1. The van der Waals surface area contributed by atoms with E-state index >= 15 is 0 Å². The Morgan fingerprint density at radius 3 is 2.71 bits per heavy atom. The van der Waals surface area contributed by atoms with Crippen molar-refractivity contribution in [3.05, 3.63) is 53.8 Å². The number of nitrogens with one attached hydrogen (secondary N) is 2. The van der Waals surface area contributed by atoms with Gasteiger partial charge in [-0.1, -0.05) is 18.2 Å². The third-order valence-corrected chi connectivity index (χ3v) is 3.53. The van der Waals surface area contributed by atoms with E-state index in [2.05, 4.69) is 10.6 Å². The molecule has 0 aliphatic carbocycles. The molecular formula is C16H16FN3O. The maximum absolute atomic E-state index is 13.2. The zero-order chi connectivity index (χ0) is 15.0. The molecular weight excluding hydrogens is 269 g/mol. The molecule has 1 atom stereocenters. The van der Waals surface area contributed by atoms with Crippen molar-refractivity contribution in [3.63, 3.8) is 0 Å². The summed E-state index contributed by atoms with van der Waals surface area (Å²) in [5.41, 5.74) is 3.13. The lowest BCUT2D eigenvalue weighted by Crippen LogP contribution is -2.21. The highest BCUT2D eigenvalue weighted by atomic mass is 19.1. The quantitative estimate of drug-likeness (QED) is 0.911. The van der Waals surface area contributed by atoms with Crippen LogP contribution >= 0.6 is 0 Å². The summed E-state index contributed by atoms with van der Waals surface area (Å²) in [6.45, 7) is 0. The highest BCUT2D eigenvalue weighted by Gasteiger charge is 2.31. The van der Waals surface area contributed by atoms with Crippen LogP contribution in [0, 0.1) is 5.82 Å². The zero-order valence-corrected chi connectivity index (χ0v) is 11.9. The molecule has 1 heterocycles. The van der Waals surface area contributed by atoms with E-state index in [1.165, 1.54) is 12.1 Å². The Labute approximate surface area is 122 Å². The van der Waals surface area contributed by atoms with Crippen molar-refractivity contribution in [2.24, 2.45) is 0 Å². The molecule has 108 valence electrons. The summed E-state index contributed by atoms with van der Waals surface area (Å²) in [7, 11) is 3.89. The molecule has 0 bridgehead atoms. The molecule has 1 amide bonds. The van der Waals surface area contributed by atoms with Gasteiger partial charge in [0.05, 0.1) is 11.4 Å². The van der Waals surface area contributed by atoms with Gasteiger partial charge in [-0.3, -0.25) is 4.79 Å². The molecule has 0 spiro atoms. The molecule has 21 heavy (non-hydrogen) atoms. The van der Waals surface area contributed by atoms with Crippen LogP contribution < -0.4 is 15.5 Å². The Kier molecular flexibility index (Phi) is 3.25. The lowest BCUT2D eigenvalue weighted by molar-refractivity contribution is -0.116. The van der Waals surface area contributed by atoms with E-state index in [0.717, 1.165) is 16.9 Å². The summed E-state index contributed by atoms with van der Waals surface area (Å²) < 4.78 is 13.2. The maximum Gasteiger partial charge on any atom is 0.251 e. The molecule has 0 saturated heterocycles. The predicted octanol–water partition coefficient (Wildman–Crippen LogP) is 3.00. The molecule has 5 heteroatoms. The molecule has 3 rings (SSSR count). The minimum atomic E-state index is -0.512. The average molecular weight is 285 g/mol. The SMILES string of the molecule is CN(C)c1ccccc1NC1C(=O)Nc2cc(F)ccc21. The smallest absolute Gasteiger partial charge is 0.251 e. The molecule has 1 aliphatic heterocycles. The van der Waals surface area contributed by atoms with Crippen LogP contribution in [-0.4, -0.2) is 20.0 Å². The molecule has 2 N–H and O–H groups in total. The molecule has 4 nitrogen and oxygen atoms in total. The fourth-order valence-electron chi connectivity index (χ4n) is 2.52. The van der Waals surface area contributed by atoms with Crippen molar-refractivity contribution in [3.8, 4) is 0 Å². The van der Waals surface area contributed by atoms with Crippen LogP contribution in [0.25, 0.3) is 0 Å². The number of nitrogens with zero attached hydrogens (tertiary/aromatic N) is 1. The van der Waals surface area contributed by atoms with Crippen molar-refractivity contribution < 1.29 is 9.18 Å². The van der Waals surface area contributed by atoms with Crippen LogP contribution in [0.2, 0.25) is 0 Å². The van der Waals surface area contributed by atoms with Crippen LogP contribution in [0.5, 0.6) is 0 Å². The van der Waals surface area contributed by atoms with Crippen molar-refractivity contribution in [2.45, 2.75) is 6.04 Å². The van der Waals surface area contributed by atoms with Crippen molar-refractivity contribution in [1.82, 2.24) is 0 Å². The Morgan fingerprint density at radius 1 is 1.19 bits per heavy atom. The van der Waals surface area contributed by atoms with Crippen molar-refractivity contribution in [2.75, 3.05) is 29.6 Å². The van der Waals surface area contributed by atoms with Crippen LogP contribution in [0.15, 0.2) is 42.5 Å². The number of carbonyl (C=O) groups excluding carboxylic acids is 1. The Bertz CT molecular complexity index is 700. The topological polar surface area (TPSA) is 44.4 Å². The van der Waals surface area contributed by atoms with Crippen LogP contribution in [-0.2, 0) is 4.79 Å². The van der Waals surface area contributed by atoms with Crippen LogP contribution in [0.3, 0.4) is 0 Å². The molecule has 0 fully saturated rings. The van der Waals surface area contributed by atoms with Crippen molar-refractivity contribution >= 4 is 23.0 Å². The molecule has 1 aliphatic rings. The van der Waals surface area contributed by atoms with Crippen molar-refractivity contribution in [1.29, 1.82) is 0 Å². The fraction of sp³-hybridized carbons (Fsp3) is 0.188. The van der Waals surface area contributed by atoms with Gasteiger partial charge in [0, 0.05) is 25.3 Å². The Morgan fingerprint density at radius 2 is 1.95 bits per heavy atom. The van der Waals surface area contributed by atoms with Gasteiger partial charge in [-0.05, 0) is 24.3 Å². The van der Waals surface area contributed by atoms with Crippen LogP contribution in [0.4, 0.5) is 21.5 Å². The third kappa shape index (κ3) is 2.42. The molecule has 2 aromatic carbocycles. The lowest BCUT2D eigenvalue weighted by Gasteiger charge is -2.20. The summed E-state index contributed by atoms with van der Waals surface area (Å²) in [6.07, 6.45) is 0. The number of benzene rings is 2. The number of fused-ring (bicyclic) bond motifs is 1. The van der Waals surface area contributed by atoms with E-state index in [9.17, 15) is 9.18 Å². The first-order valence-electron chi connectivity index (χ1n) is 6.69. The average Bonchev–Trinajstić information content (AvgIpc) is 2.74. The zero-order valence-electron chi connectivity index (χ0n) is 11.9. The number of para-hydroxylation sites is 2. The van der Waals surface area contributed by atoms with E-state index in [4.69, 9.17) is 0 Å². The Balaban J connectivity index is 1.95. The van der Waals surface area contributed by atoms with Gasteiger partial charge in [-0.25, -0.2) is 4.39 Å². The molecule has 0 radical (unpaired) electrons. The molecule has 0 saturated carbocycles. The van der Waals surface area contributed by atoms with Gasteiger partial charge < -0.3 is 15.5 Å². The van der Waals surface area contributed by atoms with Gasteiger partial charge in [-0.15, -0.1) is 0 Å². The minimum Gasteiger partial charge on any atom is -0.376 e. The van der Waals surface area contributed by atoms with E-state index in [1.807, 2.05) is 43.3 Å². The van der Waals surface area contributed by atoms with Gasteiger partial charge >= 0.3 is 0 Å². The monoisotopic (exact) mass is 285 g/mol. The van der Waals surface area contributed by atoms with E-state index in [1.54, 1.807) is 6.07 Å². The van der Waals surface area contributed by atoms with Gasteiger partial charge in [0.2, 0.25) is 0 Å². The van der Waals surface area contributed by atoms with Gasteiger partial charge in [0.1, 0.15) is 11.9 Å². The van der Waals surface area contributed by atoms with Crippen LogP contribution in [0.1, 0.15) is 11.6 Å². The number of hydrogen-bond donors (Lipinski definition) is 2. The third-order valence-electron chi connectivity index (χ3n) is 3.53. The minimum absolute atomic E-state index is 0.177. The molecule has 2 aromatic rings. The Hall–Kier alpha value is -2.56. The highest BCUT2D eigenvalue weighted by Crippen LogP contribution is 2.35. The second kappa shape index (κ2) is 5.09. The second-order valence-electron chi connectivity index (χ2n) is 5.21. The standard InChI is InChI=1S/C16H16FN3O/c1-20(2)14-6-4-3-5-12(14)18-15-11-8-7-10(17)9-13(11)19-16(15)21/h3-9,15,18H,1-2H3,(H,19,21). The van der Waals surface area contributed by atoms with Gasteiger partial charge in [0.25, 0.3) is 5.91 Å².